The minimum absolute atomic E-state index is 0.0300. The van der Waals surface area contributed by atoms with Crippen LogP contribution >= 0.6 is 0 Å². The van der Waals surface area contributed by atoms with Crippen molar-refractivity contribution in [3.8, 4) is 0 Å². The fraction of sp³-hybridized carbons (Fsp3) is 0.714. The summed E-state index contributed by atoms with van der Waals surface area (Å²) < 4.78 is 24.1. The average Bonchev–Trinajstić information content (AvgIpc) is 3.14. The number of carbonyl (C=O) groups excluding carboxylic acids is 2. The first-order valence-corrected chi connectivity index (χ1v) is 13.6. The number of hydrogen-bond donors (Lipinski definition) is 1. The minimum Gasteiger partial charge on any atom is -0.449 e. The number of hydrogen-bond acceptors (Lipinski definition) is 6. The number of ether oxygens (including phenoxy) is 2. The van der Waals surface area contributed by atoms with Crippen LogP contribution in [0, 0.1) is 23.2 Å². The molecule has 0 aromatic heterocycles. The molecule has 202 valence electrons. The summed E-state index contributed by atoms with van der Waals surface area (Å²) in [6, 6.07) is 10.1. The molecule has 5 fully saturated rings. The monoisotopic (exact) mass is 512 g/mol. The third-order valence-electron chi connectivity index (χ3n) is 8.82. The van der Waals surface area contributed by atoms with E-state index in [2.05, 4.69) is 26.1 Å². The van der Waals surface area contributed by atoms with Gasteiger partial charge in [-0.15, -0.1) is 0 Å². The highest BCUT2D eigenvalue weighted by Gasteiger charge is 2.67. The highest BCUT2D eigenvalue weighted by Crippen LogP contribution is 2.64. The summed E-state index contributed by atoms with van der Waals surface area (Å²) in [5.41, 5.74) is 0.503. The van der Waals surface area contributed by atoms with Gasteiger partial charge < -0.3 is 29.0 Å². The van der Waals surface area contributed by atoms with Gasteiger partial charge in [-0.25, -0.2) is 9.59 Å². The predicted octanol–water partition coefficient (Wildman–Crippen LogP) is 4.46. The molecule has 37 heavy (non-hydrogen) atoms. The van der Waals surface area contributed by atoms with Crippen LogP contribution in [0.1, 0.15) is 59.9 Å². The third kappa shape index (κ3) is 5.35. The van der Waals surface area contributed by atoms with Gasteiger partial charge >= 0.3 is 19.3 Å². The van der Waals surface area contributed by atoms with Crippen LogP contribution in [-0.4, -0.2) is 67.1 Å². The smallest absolute Gasteiger partial charge is 0.449 e. The van der Waals surface area contributed by atoms with Crippen molar-refractivity contribution < 1.29 is 28.4 Å². The molecule has 1 aromatic carbocycles. The molecule has 1 N–H and O–H groups in total. The second-order valence-corrected chi connectivity index (χ2v) is 13.2. The standard InChI is InChI=1S/C28H41BN2O6/c1-26(2,3)35-25(33)31-15-19(16-31)17-34-24(32)30-22(12-18-10-8-7-9-11-18)29-36-23-21-13-20(27(21,4)5)14-28(23,6)37-29/h7-11,19-23H,12-17H2,1-6H3,(H,30,32)/t20?,21?,22?,23-,28+/m0/s1. The van der Waals surface area contributed by atoms with Crippen molar-refractivity contribution >= 4 is 19.3 Å². The van der Waals surface area contributed by atoms with Crippen molar-refractivity contribution in [3.63, 3.8) is 0 Å². The number of likely N-dealkylation sites (tertiary alicyclic amines) is 1. The molecule has 2 bridgehead atoms. The minimum atomic E-state index is -0.538. The molecule has 3 unspecified atom stereocenters. The van der Waals surface area contributed by atoms with Gasteiger partial charge in [0, 0.05) is 19.0 Å². The second-order valence-electron chi connectivity index (χ2n) is 13.2. The quantitative estimate of drug-likeness (QED) is 0.567. The van der Waals surface area contributed by atoms with Crippen molar-refractivity contribution in [1.29, 1.82) is 0 Å². The van der Waals surface area contributed by atoms with Crippen LogP contribution in [0.5, 0.6) is 0 Å². The molecule has 3 aliphatic carbocycles. The van der Waals surface area contributed by atoms with E-state index in [-0.39, 0.29) is 41.7 Å². The Balaban J connectivity index is 1.17. The van der Waals surface area contributed by atoms with Crippen molar-refractivity contribution in [2.24, 2.45) is 23.2 Å². The van der Waals surface area contributed by atoms with Gasteiger partial charge in [-0.2, -0.15) is 0 Å². The van der Waals surface area contributed by atoms with E-state index in [1.54, 1.807) is 4.90 Å². The molecule has 3 saturated carbocycles. The molecule has 8 nitrogen and oxygen atoms in total. The molecule has 2 saturated heterocycles. The summed E-state index contributed by atoms with van der Waals surface area (Å²) in [5, 5.41) is 3.04. The van der Waals surface area contributed by atoms with E-state index in [9.17, 15) is 9.59 Å². The number of alkyl carbamates (subject to hydrolysis) is 1. The predicted molar refractivity (Wildman–Crippen MR) is 140 cm³/mol. The molecule has 1 aromatic rings. The molecule has 9 heteroatoms. The summed E-state index contributed by atoms with van der Waals surface area (Å²) >= 11 is 0. The van der Waals surface area contributed by atoms with Gasteiger partial charge in [-0.05, 0) is 69.8 Å². The topological polar surface area (TPSA) is 86.3 Å². The van der Waals surface area contributed by atoms with Gasteiger partial charge in [-0.1, -0.05) is 44.2 Å². The Kier molecular flexibility index (Phi) is 6.76. The number of carbonyl (C=O) groups is 2. The second kappa shape index (κ2) is 9.49. The van der Waals surface area contributed by atoms with Gasteiger partial charge in [-0.3, -0.25) is 0 Å². The van der Waals surface area contributed by atoms with E-state index in [4.69, 9.17) is 18.8 Å². The largest absolute Gasteiger partial charge is 0.482 e. The number of rotatable bonds is 6. The lowest BCUT2D eigenvalue weighted by atomic mass is 9.45. The van der Waals surface area contributed by atoms with Crippen LogP contribution < -0.4 is 5.32 Å². The fourth-order valence-corrected chi connectivity index (χ4v) is 6.54. The Morgan fingerprint density at radius 3 is 2.54 bits per heavy atom. The lowest BCUT2D eigenvalue weighted by Crippen LogP contribution is -2.63. The van der Waals surface area contributed by atoms with Crippen LogP contribution in [0.2, 0.25) is 0 Å². The highest BCUT2D eigenvalue weighted by molar-refractivity contribution is 6.47. The summed E-state index contributed by atoms with van der Waals surface area (Å²) in [7, 11) is -0.538. The molecular formula is C28H41BN2O6. The third-order valence-corrected chi connectivity index (χ3v) is 8.82. The first kappa shape index (κ1) is 26.4. The number of nitrogens with zero attached hydrogens (tertiary/aromatic N) is 1. The summed E-state index contributed by atoms with van der Waals surface area (Å²) in [5.74, 6) is 0.837. The summed E-state index contributed by atoms with van der Waals surface area (Å²) in [4.78, 5) is 26.6. The molecule has 2 aliphatic heterocycles. The molecule has 2 heterocycles. The molecular weight excluding hydrogens is 471 g/mol. The average molecular weight is 512 g/mol. The van der Waals surface area contributed by atoms with Crippen molar-refractivity contribution in [3.05, 3.63) is 35.9 Å². The Bertz CT molecular complexity index is 1010. The summed E-state index contributed by atoms with van der Waals surface area (Å²) in [6.07, 6.45) is 1.95. The van der Waals surface area contributed by atoms with E-state index >= 15 is 0 Å². The van der Waals surface area contributed by atoms with Crippen molar-refractivity contribution in [1.82, 2.24) is 10.2 Å². The van der Waals surface area contributed by atoms with Gasteiger partial charge in [0.2, 0.25) is 0 Å². The van der Waals surface area contributed by atoms with Crippen LogP contribution in [0.25, 0.3) is 0 Å². The van der Waals surface area contributed by atoms with Crippen LogP contribution in [-0.2, 0) is 25.2 Å². The van der Waals surface area contributed by atoms with Gasteiger partial charge in [0.1, 0.15) is 5.60 Å². The molecule has 6 rings (SSSR count). The van der Waals surface area contributed by atoms with Crippen molar-refractivity contribution in [2.45, 2.75) is 84.1 Å². The lowest BCUT2D eigenvalue weighted by Gasteiger charge is -2.63. The van der Waals surface area contributed by atoms with Gasteiger partial charge in [0.25, 0.3) is 0 Å². The maximum atomic E-state index is 12.9. The number of benzene rings is 1. The maximum absolute atomic E-state index is 12.9. The van der Waals surface area contributed by atoms with Gasteiger partial charge in [0.05, 0.1) is 24.3 Å². The lowest BCUT2D eigenvalue weighted by molar-refractivity contribution is -0.185. The Labute approximate surface area is 220 Å². The zero-order valence-electron chi connectivity index (χ0n) is 23.0. The SMILES string of the molecule is CC(C)(C)OC(=O)N1CC(COC(=O)NC(Cc2ccccc2)B2O[C@H]3C4CC(C[C@@]3(C)O2)C4(C)C)C1. The Hall–Kier alpha value is -2.26. The van der Waals surface area contributed by atoms with E-state index < -0.39 is 18.8 Å². The van der Waals surface area contributed by atoms with Gasteiger partial charge in [0.15, 0.2) is 0 Å². The normalized spacial score (nSPS) is 31.0. The summed E-state index contributed by atoms with van der Waals surface area (Å²) in [6.45, 7) is 13.7. The van der Waals surface area contributed by atoms with E-state index in [0.717, 1.165) is 12.0 Å². The first-order valence-electron chi connectivity index (χ1n) is 13.6. The van der Waals surface area contributed by atoms with E-state index in [0.29, 0.717) is 31.3 Å². The van der Waals surface area contributed by atoms with Crippen molar-refractivity contribution in [2.75, 3.05) is 19.7 Å². The van der Waals surface area contributed by atoms with Crippen LogP contribution in [0.3, 0.4) is 0 Å². The molecule has 0 spiro atoms. The van der Waals surface area contributed by atoms with E-state index in [1.807, 2.05) is 51.1 Å². The van der Waals surface area contributed by atoms with Crippen LogP contribution in [0.4, 0.5) is 9.59 Å². The Morgan fingerprint density at radius 2 is 1.89 bits per heavy atom. The zero-order valence-corrected chi connectivity index (χ0v) is 23.0. The Morgan fingerprint density at radius 1 is 1.19 bits per heavy atom. The molecule has 2 amide bonds. The number of nitrogens with one attached hydrogen (secondary N) is 1. The molecule has 0 radical (unpaired) electrons. The van der Waals surface area contributed by atoms with Crippen LogP contribution in [0.15, 0.2) is 30.3 Å². The molecule has 5 aliphatic rings. The highest BCUT2D eigenvalue weighted by atomic mass is 16.7. The maximum Gasteiger partial charge on any atom is 0.482 e. The fourth-order valence-electron chi connectivity index (χ4n) is 6.54. The number of amides is 2. The first-order chi connectivity index (χ1) is 17.3. The molecule has 5 atom stereocenters. The zero-order chi connectivity index (χ0) is 26.6. The van der Waals surface area contributed by atoms with E-state index in [1.165, 1.54) is 6.42 Å².